The molecular formula is C51H68CsFIN15O6Si2. The molecule has 0 amide bonds. The molecule has 6 rings (SSSR count). The third kappa shape index (κ3) is 21.8. The molecule has 26 heteroatoms. The van der Waals surface area contributed by atoms with E-state index in [0.717, 1.165) is 15.0 Å². The number of rotatable bonds is 12. The summed E-state index contributed by atoms with van der Waals surface area (Å²) in [4.78, 5) is 36.8. The molecule has 0 saturated heterocycles. The number of ether oxygens (including phenoxy) is 6. The number of nitrogens with two attached hydrogens (primary N) is 6. The first-order valence-electron chi connectivity index (χ1n) is 23.1. The molecule has 12 N–H and O–H groups in total. The van der Waals surface area contributed by atoms with Crippen LogP contribution in [0.15, 0.2) is 36.8 Å². The van der Waals surface area contributed by atoms with E-state index >= 15 is 0 Å². The van der Waals surface area contributed by atoms with Crippen LogP contribution in [-0.4, -0.2) is 82.3 Å². The summed E-state index contributed by atoms with van der Waals surface area (Å²) in [6, 6.07) is 5.35. The van der Waals surface area contributed by atoms with Gasteiger partial charge in [-0.1, -0.05) is 92.7 Å². The fourth-order valence-electron chi connectivity index (χ4n) is 5.63. The molecule has 21 nitrogen and oxygen atoms in total. The summed E-state index contributed by atoms with van der Waals surface area (Å²) < 4.78 is 34.2. The minimum Gasteiger partial charge on any atom is -1.00 e. The SMILES string of the molecule is C#C[Si](C)(C)C.C#Cc1cc(Oc2cnc(N)nc2N)c(C(C)C)nc1OC.COc1nc(C(C)C)c(Oc2cnc(N)nc2N)cc1C#C[Si](C)(C)C.COc1nc(C(C)C)c(Oc2cnc(N)nc2N)cc1I.[Cs+].[F-]. The van der Waals surface area contributed by atoms with Crippen LogP contribution in [0.25, 0.3) is 0 Å². The van der Waals surface area contributed by atoms with Gasteiger partial charge < -0.3 is 67.5 Å². The van der Waals surface area contributed by atoms with Gasteiger partial charge in [0.2, 0.25) is 35.5 Å². The Labute approximate surface area is 525 Å². The van der Waals surface area contributed by atoms with Crippen molar-refractivity contribution in [2.24, 2.45) is 0 Å². The molecule has 0 radical (unpaired) electrons. The van der Waals surface area contributed by atoms with Crippen LogP contribution in [0.3, 0.4) is 0 Å². The van der Waals surface area contributed by atoms with Crippen LogP contribution in [-0.2, 0) is 0 Å². The average molecular weight is 1320 g/mol. The molecule has 0 aromatic carbocycles. The first-order chi connectivity index (χ1) is 35.0. The molecule has 0 unspecified atom stereocenters. The topological polar surface area (TPSA) is 328 Å². The van der Waals surface area contributed by atoms with E-state index in [9.17, 15) is 0 Å². The molecule has 0 aliphatic carbocycles. The minimum atomic E-state index is -1.56. The van der Waals surface area contributed by atoms with Gasteiger partial charge in [0.25, 0.3) is 0 Å². The molecule has 0 bridgehead atoms. The van der Waals surface area contributed by atoms with Crippen LogP contribution < -0.4 is 136 Å². The van der Waals surface area contributed by atoms with Gasteiger partial charge in [-0.15, -0.1) is 23.9 Å². The zero-order valence-electron chi connectivity index (χ0n) is 46.5. The summed E-state index contributed by atoms with van der Waals surface area (Å²) in [6.07, 6.45) is 14.9. The van der Waals surface area contributed by atoms with Crippen molar-refractivity contribution in [3.05, 3.63) is 68.6 Å². The Kier molecular flexibility index (Phi) is 28.3. The number of terminal acetylenes is 2. The first-order valence-corrected chi connectivity index (χ1v) is 31.2. The van der Waals surface area contributed by atoms with E-state index in [0.29, 0.717) is 63.2 Å². The van der Waals surface area contributed by atoms with E-state index in [-0.39, 0.29) is 132 Å². The van der Waals surface area contributed by atoms with E-state index < -0.39 is 16.1 Å². The zero-order valence-corrected chi connectivity index (χ0v) is 57.0. The number of pyridine rings is 3. The number of nitrogen functional groups attached to an aromatic ring is 6. The molecule has 0 spiro atoms. The average Bonchev–Trinajstić information content (AvgIpc) is 3.33. The number of anilines is 6. The van der Waals surface area contributed by atoms with Gasteiger partial charge in [0.1, 0.15) is 16.1 Å². The summed E-state index contributed by atoms with van der Waals surface area (Å²) in [5.74, 6) is 10.8. The Bertz CT molecular complexity index is 3100. The molecule has 77 heavy (non-hydrogen) atoms. The van der Waals surface area contributed by atoms with Crippen LogP contribution in [0, 0.1) is 39.3 Å². The second-order valence-electron chi connectivity index (χ2n) is 19.0. The van der Waals surface area contributed by atoms with Crippen molar-refractivity contribution in [2.45, 2.75) is 98.6 Å². The standard InChI is InChI=1S/C18H25N5O2Si.C15H17N5O2.C13H16IN5O2.C5H10Si.Cs.FH/c1-11(2)15-13(25-14-10-21-18(20)23-16(14)19)9-12(17(22-15)24-3)7-8-26(4,5)6;1-5-9-6-10(12(8(2)3)19-14(9)21-4)22-11-7-18-15(17)20-13(11)16;1-6(2)10-8(4-7(14)12(18-10)20-3)21-9-5-17-13(16)19-11(9)15;1-5-6(2,3)4;;/h9-11H,1-6H3,(H4,19,20,21,23);1,6-8H,2-4H3,(H4,16,17,18,20);4-6H,1-3H3,(H4,15,16,17,19);1H,2-4H3;;1H/q;;;;+1;/p-1. The molecule has 6 heterocycles. The Morgan fingerprint density at radius 2 is 0.805 bits per heavy atom. The van der Waals surface area contributed by atoms with Gasteiger partial charge in [-0.2, -0.15) is 15.0 Å². The van der Waals surface area contributed by atoms with E-state index in [1.807, 2.05) is 53.7 Å². The van der Waals surface area contributed by atoms with Gasteiger partial charge >= 0.3 is 68.9 Å². The van der Waals surface area contributed by atoms with Gasteiger partial charge in [0.05, 0.1) is 71.7 Å². The summed E-state index contributed by atoms with van der Waals surface area (Å²) in [5, 5.41) is 0. The van der Waals surface area contributed by atoms with Crippen LogP contribution in [0.2, 0.25) is 39.3 Å². The van der Waals surface area contributed by atoms with Crippen LogP contribution in [0.4, 0.5) is 35.3 Å². The Morgan fingerprint density at radius 1 is 0.494 bits per heavy atom. The second-order valence-corrected chi connectivity index (χ2v) is 29.7. The predicted molar refractivity (Wildman–Crippen MR) is 310 cm³/mol. The number of halogens is 2. The van der Waals surface area contributed by atoms with E-state index in [1.165, 1.54) is 25.7 Å². The number of nitrogens with zero attached hydrogens (tertiary/aromatic N) is 9. The van der Waals surface area contributed by atoms with Crippen LogP contribution in [0.1, 0.15) is 87.5 Å². The molecule has 6 aromatic heterocycles. The normalized spacial score (nSPS) is 10.4. The maximum atomic E-state index is 5.95. The van der Waals surface area contributed by atoms with Gasteiger partial charge in [-0.25, -0.2) is 29.9 Å². The van der Waals surface area contributed by atoms with E-state index in [2.05, 4.69) is 130 Å². The van der Waals surface area contributed by atoms with Crippen LogP contribution in [0.5, 0.6) is 52.1 Å². The van der Waals surface area contributed by atoms with Crippen molar-refractivity contribution in [1.82, 2.24) is 44.9 Å². The van der Waals surface area contributed by atoms with Crippen molar-refractivity contribution >= 4 is 74.0 Å². The van der Waals surface area contributed by atoms with E-state index in [4.69, 9.17) is 75.7 Å². The fourth-order valence-corrected chi connectivity index (χ4v) is 6.76. The summed E-state index contributed by atoms with van der Waals surface area (Å²) in [6.45, 7) is 25.0. The molecule has 0 saturated carbocycles. The molecule has 6 aromatic rings. The van der Waals surface area contributed by atoms with Gasteiger partial charge in [0.15, 0.2) is 52.0 Å². The Balaban J connectivity index is 0.000000543. The van der Waals surface area contributed by atoms with Crippen molar-refractivity contribution in [2.75, 3.05) is 55.7 Å². The number of aromatic nitrogens is 9. The third-order valence-electron chi connectivity index (χ3n) is 9.34. The summed E-state index contributed by atoms with van der Waals surface area (Å²) >= 11 is 2.13. The van der Waals surface area contributed by atoms with Crippen molar-refractivity contribution in [3.63, 3.8) is 0 Å². The molecule has 0 aliphatic heterocycles. The maximum absolute atomic E-state index is 5.95. The van der Waals surface area contributed by atoms with Gasteiger partial charge in [-0.3, -0.25) is 0 Å². The van der Waals surface area contributed by atoms with Crippen molar-refractivity contribution in [3.8, 4) is 87.9 Å². The van der Waals surface area contributed by atoms with Gasteiger partial charge in [0, 0.05) is 18.2 Å². The second kappa shape index (κ2) is 31.5. The van der Waals surface area contributed by atoms with E-state index in [1.54, 1.807) is 20.3 Å². The fraction of sp³-hybridized carbons (Fsp3) is 0.353. The number of methoxy groups -OCH3 is 3. The monoisotopic (exact) mass is 1320 g/mol. The molecule has 0 aliphatic rings. The Hall–Kier alpha value is -5.88. The number of hydrogen-bond acceptors (Lipinski definition) is 21. The number of hydrogen-bond donors (Lipinski definition) is 6. The smallest absolute Gasteiger partial charge is 1.00 e. The first kappa shape index (κ1) is 69.1. The summed E-state index contributed by atoms with van der Waals surface area (Å²) in [7, 11) is 2.02. The molecule has 406 valence electrons. The largest absolute Gasteiger partial charge is 1.00 e. The minimum absolute atomic E-state index is 0. The molecule has 0 atom stereocenters. The summed E-state index contributed by atoms with van der Waals surface area (Å²) in [5.41, 5.74) is 43.3. The molecule has 0 fully saturated rings. The zero-order chi connectivity index (χ0) is 56.5. The van der Waals surface area contributed by atoms with Crippen LogP contribution >= 0.6 is 22.6 Å². The predicted octanol–water partition coefficient (Wildman–Crippen LogP) is 3.20. The van der Waals surface area contributed by atoms with Gasteiger partial charge in [-0.05, 0) is 40.3 Å². The quantitative estimate of drug-likeness (QED) is 0.0582. The molecular weight excluding hydrogens is 1250 g/mol. The van der Waals surface area contributed by atoms with Crippen molar-refractivity contribution < 1.29 is 102 Å². The van der Waals surface area contributed by atoms with Crippen molar-refractivity contribution in [1.29, 1.82) is 0 Å². The maximum Gasteiger partial charge on any atom is 1.00 e. The third-order valence-corrected chi connectivity index (χ3v) is 11.9. The Morgan fingerprint density at radius 3 is 1.09 bits per heavy atom.